The van der Waals surface area contributed by atoms with E-state index in [0.717, 1.165) is 25.9 Å². The topological polar surface area (TPSA) is 35.6 Å². The Balaban J connectivity index is 1.47. The third-order valence-corrected chi connectivity index (χ3v) is 5.25. The number of carbonyl (C=O) groups is 1. The van der Waals surface area contributed by atoms with Crippen LogP contribution in [0.4, 0.5) is 4.79 Å². The number of hydrogen-bond acceptors (Lipinski definition) is 2. The van der Waals surface area contributed by atoms with Gasteiger partial charge in [-0.25, -0.2) is 4.79 Å². The summed E-state index contributed by atoms with van der Waals surface area (Å²) in [5.74, 6) is 0. The first-order valence-corrected chi connectivity index (χ1v) is 8.44. The van der Waals surface area contributed by atoms with Gasteiger partial charge < -0.3 is 10.2 Å². The molecule has 2 aliphatic heterocycles. The molecule has 2 atom stereocenters. The maximum atomic E-state index is 12.4. The third-order valence-electron chi connectivity index (χ3n) is 5.25. The number of carbonyl (C=O) groups excluding carboxylic acids is 1. The zero-order chi connectivity index (χ0) is 15.5. The normalized spacial score (nSPS) is 25.1. The molecule has 1 aromatic rings. The molecular formula is C18H27N3O. The second-order valence-corrected chi connectivity index (χ2v) is 6.75. The number of aryl methyl sites for hydroxylation is 1. The number of rotatable bonds is 3. The summed E-state index contributed by atoms with van der Waals surface area (Å²) in [6, 6.07) is 9.86. The molecule has 2 saturated heterocycles. The molecule has 2 bridgehead atoms. The van der Waals surface area contributed by atoms with Crippen LogP contribution in [-0.2, 0) is 6.42 Å². The number of urea groups is 1. The van der Waals surface area contributed by atoms with Gasteiger partial charge >= 0.3 is 6.03 Å². The highest BCUT2D eigenvalue weighted by Gasteiger charge is 2.35. The zero-order valence-corrected chi connectivity index (χ0v) is 13.7. The molecule has 22 heavy (non-hydrogen) atoms. The second-order valence-electron chi connectivity index (χ2n) is 6.75. The van der Waals surface area contributed by atoms with E-state index < -0.39 is 0 Å². The van der Waals surface area contributed by atoms with Crippen LogP contribution in [-0.4, -0.2) is 54.6 Å². The molecule has 2 fully saturated rings. The number of benzene rings is 1. The largest absolute Gasteiger partial charge is 0.338 e. The maximum absolute atomic E-state index is 12.4. The van der Waals surface area contributed by atoms with Gasteiger partial charge in [0.2, 0.25) is 0 Å². The lowest BCUT2D eigenvalue weighted by Crippen LogP contribution is -2.45. The van der Waals surface area contributed by atoms with Gasteiger partial charge in [-0.3, -0.25) is 4.90 Å². The summed E-state index contributed by atoms with van der Waals surface area (Å²) in [5.41, 5.74) is 2.55. The van der Waals surface area contributed by atoms with Gasteiger partial charge in [0.05, 0.1) is 0 Å². The van der Waals surface area contributed by atoms with Gasteiger partial charge in [-0.1, -0.05) is 29.8 Å². The van der Waals surface area contributed by atoms with Gasteiger partial charge in [-0.05, 0) is 45.2 Å². The number of hydrogen-bond donors (Lipinski definition) is 1. The van der Waals surface area contributed by atoms with Gasteiger partial charge in [0, 0.05) is 31.7 Å². The van der Waals surface area contributed by atoms with E-state index in [9.17, 15) is 4.79 Å². The molecule has 120 valence electrons. The molecule has 1 N–H and O–H groups in total. The first-order chi connectivity index (χ1) is 10.6. The Morgan fingerprint density at radius 1 is 1.18 bits per heavy atom. The standard InChI is InChI=1S/C18H27N3O/c1-14-3-5-15(6-4-14)9-11-19-18(22)21-12-10-16-7-8-17(13-21)20(16)2/h3-6,16-17H,7-13H2,1-2H3,(H,19,22). The summed E-state index contributed by atoms with van der Waals surface area (Å²) in [7, 11) is 2.21. The van der Waals surface area contributed by atoms with E-state index in [0.29, 0.717) is 18.6 Å². The minimum atomic E-state index is 0.105. The molecule has 0 radical (unpaired) electrons. The van der Waals surface area contributed by atoms with E-state index in [1.165, 1.54) is 24.0 Å². The number of nitrogens with one attached hydrogen (secondary N) is 1. The van der Waals surface area contributed by atoms with E-state index in [1.807, 2.05) is 4.90 Å². The first-order valence-electron chi connectivity index (χ1n) is 8.44. The summed E-state index contributed by atoms with van der Waals surface area (Å²) in [4.78, 5) is 16.9. The molecule has 2 heterocycles. The van der Waals surface area contributed by atoms with E-state index in [-0.39, 0.29) is 6.03 Å². The quantitative estimate of drug-likeness (QED) is 0.930. The Bertz CT molecular complexity index is 514. The Morgan fingerprint density at radius 3 is 2.68 bits per heavy atom. The molecular weight excluding hydrogens is 274 g/mol. The van der Waals surface area contributed by atoms with Crippen molar-refractivity contribution < 1.29 is 4.79 Å². The highest BCUT2D eigenvalue weighted by Crippen LogP contribution is 2.28. The number of likely N-dealkylation sites (N-methyl/N-ethyl adjacent to an activating group) is 1. The third kappa shape index (κ3) is 3.43. The van der Waals surface area contributed by atoms with E-state index in [2.05, 4.69) is 48.5 Å². The van der Waals surface area contributed by atoms with Crippen molar-refractivity contribution in [3.63, 3.8) is 0 Å². The van der Waals surface area contributed by atoms with E-state index in [1.54, 1.807) is 0 Å². The van der Waals surface area contributed by atoms with Crippen molar-refractivity contribution in [2.24, 2.45) is 0 Å². The Hall–Kier alpha value is -1.55. The maximum Gasteiger partial charge on any atom is 0.317 e. The lowest BCUT2D eigenvalue weighted by Gasteiger charge is -2.26. The zero-order valence-electron chi connectivity index (χ0n) is 13.7. The fourth-order valence-corrected chi connectivity index (χ4v) is 3.67. The first kappa shape index (κ1) is 15.3. The lowest BCUT2D eigenvalue weighted by atomic mass is 10.1. The van der Waals surface area contributed by atoms with Crippen LogP contribution in [0.15, 0.2) is 24.3 Å². The lowest BCUT2D eigenvalue weighted by molar-refractivity contribution is 0.188. The number of amides is 2. The predicted octanol–water partition coefficient (Wildman–Crippen LogP) is 2.42. The summed E-state index contributed by atoms with van der Waals surface area (Å²) < 4.78 is 0. The van der Waals surface area contributed by atoms with Gasteiger partial charge in [0.15, 0.2) is 0 Å². The fourth-order valence-electron chi connectivity index (χ4n) is 3.67. The number of likely N-dealkylation sites (tertiary alicyclic amines) is 1. The van der Waals surface area contributed by atoms with Gasteiger partial charge in [0.1, 0.15) is 0 Å². The summed E-state index contributed by atoms with van der Waals surface area (Å²) in [6.07, 6.45) is 4.53. The molecule has 4 nitrogen and oxygen atoms in total. The molecule has 0 saturated carbocycles. The van der Waals surface area contributed by atoms with Crippen molar-refractivity contribution in [3.8, 4) is 0 Å². The molecule has 3 rings (SSSR count). The summed E-state index contributed by atoms with van der Waals surface area (Å²) in [5, 5.41) is 3.09. The number of fused-ring (bicyclic) bond motifs is 2. The molecule has 0 aromatic heterocycles. The smallest absolute Gasteiger partial charge is 0.317 e. The Morgan fingerprint density at radius 2 is 1.91 bits per heavy atom. The monoisotopic (exact) mass is 301 g/mol. The molecule has 0 spiro atoms. The van der Waals surface area contributed by atoms with Crippen LogP contribution in [0.1, 0.15) is 30.4 Å². The van der Waals surface area contributed by atoms with E-state index >= 15 is 0 Å². The Labute approximate surface area is 133 Å². The van der Waals surface area contributed by atoms with Crippen molar-refractivity contribution in [2.45, 2.75) is 44.7 Å². The van der Waals surface area contributed by atoms with Gasteiger partial charge in [-0.15, -0.1) is 0 Å². The summed E-state index contributed by atoms with van der Waals surface area (Å²) >= 11 is 0. The average molecular weight is 301 g/mol. The van der Waals surface area contributed by atoms with Gasteiger partial charge in [-0.2, -0.15) is 0 Å². The molecule has 2 aliphatic rings. The highest BCUT2D eigenvalue weighted by atomic mass is 16.2. The fraction of sp³-hybridized carbons (Fsp3) is 0.611. The van der Waals surface area contributed by atoms with Gasteiger partial charge in [0.25, 0.3) is 0 Å². The number of nitrogens with zero attached hydrogens (tertiary/aromatic N) is 2. The SMILES string of the molecule is Cc1ccc(CCNC(=O)N2CCC3CCC(C2)N3C)cc1. The minimum Gasteiger partial charge on any atom is -0.338 e. The van der Waals surface area contributed by atoms with Crippen LogP contribution in [0.3, 0.4) is 0 Å². The van der Waals surface area contributed by atoms with Crippen molar-refractivity contribution in [2.75, 3.05) is 26.7 Å². The molecule has 2 unspecified atom stereocenters. The van der Waals surface area contributed by atoms with Crippen molar-refractivity contribution >= 4 is 6.03 Å². The van der Waals surface area contributed by atoms with Crippen LogP contribution < -0.4 is 5.32 Å². The van der Waals surface area contributed by atoms with Crippen LogP contribution in [0.25, 0.3) is 0 Å². The molecule has 2 amide bonds. The second kappa shape index (κ2) is 6.69. The predicted molar refractivity (Wildman–Crippen MR) is 89.0 cm³/mol. The van der Waals surface area contributed by atoms with Crippen molar-refractivity contribution in [3.05, 3.63) is 35.4 Å². The highest BCUT2D eigenvalue weighted by molar-refractivity contribution is 5.74. The molecule has 0 aliphatic carbocycles. The van der Waals surface area contributed by atoms with Crippen LogP contribution in [0, 0.1) is 6.92 Å². The van der Waals surface area contributed by atoms with Crippen molar-refractivity contribution in [1.29, 1.82) is 0 Å². The molecule has 1 aromatic carbocycles. The minimum absolute atomic E-state index is 0.105. The summed E-state index contributed by atoms with van der Waals surface area (Å²) in [6.45, 7) is 4.57. The van der Waals surface area contributed by atoms with Crippen molar-refractivity contribution in [1.82, 2.24) is 15.1 Å². The van der Waals surface area contributed by atoms with Crippen LogP contribution in [0.2, 0.25) is 0 Å². The van der Waals surface area contributed by atoms with E-state index in [4.69, 9.17) is 0 Å². The Kier molecular flexibility index (Phi) is 4.67. The average Bonchev–Trinajstić information content (AvgIpc) is 2.74. The van der Waals surface area contributed by atoms with Crippen LogP contribution in [0.5, 0.6) is 0 Å². The molecule has 4 heteroatoms. The van der Waals surface area contributed by atoms with Crippen LogP contribution >= 0.6 is 0 Å².